The van der Waals surface area contributed by atoms with Gasteiger partial charge in [0, 0.05) is 33.2 Å². The minimum Gasteiger partial charge on any atom is -0.455 e. The second-order valence-corrected chi connectivity index (χ2v) is 16.8. The van der Waals surface area contributed by atoms with Crippen molar-refractivity contribution in [3.05, 3.63) is 174 Å². The maximum atomic E-state index is 6.49. The molecule has 0 saturated carbocycles. The van der Waals surface area contributed by atoms with Gasteiger partial charge in [0.1, 0.15) is 11.5 Å². The number of ether oxygens (including phenoxy) is 1. The first-order chi connectivity index (χ1) is 25.8. The van der Waals surface area contributed by atoms with Crippen molar-refractivity contribution in [2.24, 2.45) is 0 Å². The third-order valence-corrected chi connectivity index (χ3v) is 13.3. The van der Waals surface area contributed by atoms with Crippen molar-refractivity contribution in [1.29, 1.82) is 0 Å². The van der Waals surface area contributed by atoms with E-state index in [1.54, 1.807) is 0 Å². The maximum absolute atomic E-state index is 6.49. The Labute approximate surface area is 314 Å². The Bertz CT molecular complexity index is 2860. The van der Waals surface area contributed by atoms with E-state index < -0.39 is 0 Å². The largest absolute Gasteiger partial charge is 0.455 e. The van der Waals surface area contributed by atoms with Crippen molar-refractivity contribution in [2.75, 3.05) is 4.90 Å². The molecule has 0 unspecified atom stereocenters. The molecule has 0 aromatic heterocycles. The molecular weight excluding hydrogens is 663 g/mol. The van der Waals surface area contributed by atoms with Gasteiger partial charge in [-0.2, -0.15) is 0 Å². The normalized spacial score (nSPS) is 15.2. The number of nitrogens with zero attached hydrogens (tertiary/aromatic N) is 1. The van der Waals surface area contributed by atoms with Gasteiger partial charge in [0.15, 0.2) is 0 Å². The summed E-state index contributed by atoms with van der Waals surface area (Å²) in [5.41, 5.74) is 13.9. The molecule has 0 amide bonds. The van der Waals surface area contributed by atoms with Gasteiger partial charge >= 0.3 is 0 Å². The Morgan fingerprint density at radius 2 is 1.09 bits per heavy atom. The number of rotatable bonds is 3. The highest BCUT2D eigenvalue weighted by atomic mass is 32.2. The molecule has 3 heteroatoms. The fourth-order valence-corrected chi connectivity index (χ4v) is 10.5. The molecule has 0 N–H and O–H groups in total. The van der Waals surface area contributed by atoms with Crippen molar-refractivity contribution in [3.8, 4) is 33.8 Å². The zero-order valence-electron chi connectivity index (χ0n) is 30.2. The molecule has 0 fully saturated rings. The highest BCUT2D eigenvalue weighted by Gasteiger charge is 2.40. The van der Waals surface area contributed by atoms with Crippen LogP contribution in [0.15, 0.2) is 161 Å². The van der Waals surface area contributed by atoms with E-state index in [9.17, 15) is 0 Å². The molecule has 0 spiro atoms. The SMILES string of the molecule is CC1(C)c2ccccc2-c2ccc(N(c3ccc4c(c3)C(C)(C)c3ccc5c(c3-4)Sc3ccccc3O5)c3cc4ccccc4c4ccccc34)cc21. The first-order valence-corrected chi connectivity index (χ1v) is 19.3. The minimum absolute atomic E-state index is 0.113. The van der Waals surface area contributed by atoms with Gasteiger partial charge in [0.2, 0.25) is 0 Å². The van der Waals surface area contributed by atoms with E-state index in [1.807, 2.05) is 17.8 Å². The van der Waals surface area contributed by atoms with Crippen molar-refractivity contribution >= 4 is 50.4 Å². The number of hydrogen-bond acceptors (Lipinski definition) is 3. The molecule has 11 rings (SSSR count). The van der Waals surface area contributed by atoms with Crippen molar-refractivity contribution in [3.63, 3.8) is 0 Å². The summed E-state index contributed by atoms with van der Waals surface area (Å²) in [6, 6.07) is 56.1. The third-order valence-electron chi connectivity index (χ3n) is 12.1. The zero-order chi connectivity index (χ0) is 35.6. The molecule has 53 heavy (non-hydrogen) atoms. The fourth-order valence-electron chi connectivity index (χ4n) is 9.41. The second kappa shape index (κ2) is 10.9. The van der Waals surface area contributed by atoms with E-state index in [0.29, 0.717) is 0 Å². The predicted octanol–water partition coefficient (Wildman–Crippen LogP) is 14.3. The number of fused-ring (bicyclic) bond motifs is 12. The summed E-state index contributed by atoms with van der Waals surface area (Å²) in [5.74, 6) is 1.86. The van der Waals surface area contributed by atoms with Gasteiger partial charge in [-0.1, -0.05) is 143 Å². The minimum atomic E-state index is -0.202. The maximum Gasteiger partial charge on any atom is 0.142 e. The van der Waals surface area contributed by atoms with E-state index in [-0.39, 0.29) is 10.8 Å². The topological polar surface area (TPSA) is 12.5 Å². The highest BCUT2D eigenvalue weighted by molar-refractivity contribution is 7.99. The lowest BCUT2D eigenvalue weighted by atomic mass is 9.82. The van der Waals surface area contributed by atoms with Crippen LogP contribution in [0.5, 0.6) is 11.5 Å². The summed E-state index contributed by atoms with van der Waals surface area (Å²) < 4.78 is 6.49. The van der Waals surface area contributed by atoms with Gasteiger partial charge in [0.25, 0.3) is 0 Å². The predicted molar refractivity (Wildman–Crippen MR) is 222 cm³/mol. The summed E-state index contributed by atoms with van der Waals surface area (Å²) in [5, 5.41) is 5.00. The molecule has 0 bridgehead atoms. The lowest BCUT2D eigenvalue weighted by molar-refractivity contribution is 0.454. The van der Waals surface area contributed by atoms with Crippen LogP contribution in [0.3, 0.4) is 0 Å². The average molecular weight is 700 g/mol. The van der Waals surface area contributed by atoms with Gasteiger partial charge < -0.3 is 9.64 Å². The van der Waals surface area contributed by atoms with E-state index in [4.69, 9.17) is 4.74 Å². The van der Waals surface area contributed by atoms with Crippen molar-refractivity contribution in [1.82, 2.24) is 0 Å². The molecular formula is C50H37NOS. The Morgan fingerprint density at radius 3 is 1.92 bits per heavy atom. The van der Waals surface area contributed by atoms with Crippen LogP contribution in [0, 0.1) is 0 Å². The molecule has 8 aromatic carbocycles. The lowest BCUT2D eigenvalue weighted by Crippen LogP contribution is -2.18. The van der Waals surface area contributed by atoms with Gasteiger partial charge in [-0.25, -0.2) is 0 Å². The number of hydrogen-bond donors (Lipinski definition) is 0. The highest BCUT2D eigenvalue weighted by Crippen LogP contribution is 2.59. The van der Waals surface area contributed by atoms with Crippen molar-refractivity contribution in [2.45, 2.75) is 48.3 Å². The molecule has 8 aromatic rings. The Hall–Kier alpha value is -5.77. The van der Waals surface area contributed by atoms with Gasteiger partial charge in [-0.3, -0.25) is 0 Å². The summed E-state index contributed by atoms with van der Waals surface area (Å²) in [7, 11) is 0. The van der Waals surface area contributed by atoms with Crippen LogP contribution < -0.4 is 9.64 Å². The van der Waals surface area contributed by atoms with E-state index in [1.165, 1.54) is 76.6 Å². The van der Waals surface area contributed by atoms with E-state index in [0.717, 1.165) is 27.8 Å². The Kier molecular flexibility index (Phi) is 6.33. The van der Waals surface area contributed by atoms with Gasteiger partial charge in [-0.05, 0) is 104 Å². The lowest BCUT2D eigenvalue weighted by Gasteiger charge is -2.31. The third kappa shape index (κ3) is 4.29. The number of para-hydroxylation sites is 1. The number of benzene rings is 8. The van der Waals surface area contributed by atoms with Gasteiger partial charge in [0.05, 0.1) is 15.5 Å². The molecule has 0 saturated heterocycles. The summed E-state index contributed by atoms with van der Waals surface area (Å²) in [4.78, 5) is 4.88. The van der Waals surface area contributed by atoms with Gasteiger partial charge in [-0.15, -0.1) is 0 Å². The monoisotopic (exact) mass is 699 g/mol. The molecule has 1 aliphatic heterocycles. The zero-order valence-corrected chi connectivity index (χ0v) is 31.0. The van der Waals surface area contributed by atoms with Crippen LogP contribution in [0.2, 0.25) is 0 Å². The van der Waals surface area contributed by atoms with Crippen LogP contribution in [0.4, 0.5) is 17.1 Å². The van der Waals surface area contributed by atoms with E-state index in [2.05, 4.69) is 178 Å². The molecule has 3 aliphatic rings. The van der Waals surface area contributed by atoms with Crippen LogP contribution >= 0.6 is 11.8 Å². The quantitative estimate of drug-likeness (QED) is 0.170. The Morgan fingerprint density at radius 1 is 0.472 bits per heavy atom. The first-order valence-electron chi connectivity index (χ1n) is 18.5. The van der Waals surface area contributed by atoms with Crippen LogP contribution in [0.25, 0.3) is 43.8 Å². The van der Waals surface area contributed by atoms with Crippen molar-refractivity contribution < 1.29 is 4.74 Å². The number of anilines is 3. The van der Waals surface area contributed by atoms with Crippen LogP contribution in [0.1, 0.15) is 49.9 Å². The average Bonchev–Trinajstić information content (AvgIpc) is 3.56. The fraction of sp³-hybridized carbons (Fsp3) is 0.120. The standard InChI is InChI=1S/C50H37NOS/c1-49(2)39-18-10-9-16-35(39)36-23-21-31(28-41(36)49)51(43-27-30-13-5-6-14-33(30)34-15-7-8-17-37(34)43)32-22-24-38-42(29-32)50(3,4)40-25-26-45-48(47(38)40)53-46-20-12-11-19-44(46)52-45/h5-29H,1-4H3. The summed E-state index contributed by atoms with van der Waals surface area (Å²) in [6.45, 7) is 9.49. The molecule has 0 radical (unpaired) electrons. The second-order valence-electron chi connectivity index (χ2n) is 15.7. The summed E-state index contributed by atoms with van der Waals surface area (Å²) in [6.07, 6.45) is 0. The summed E-state index contributed by atoms with van der Waals surface area (Å²) >= 11 is 1.83. The molecule has 2 nitrogen and oxygen atoms in total. The first kappa shape index (κ1) is 30.8. The molecule has 0 atom stereocenters. The van der Waals surface area contributed by atoms with Crippen LogP contribution in [-0.4, -0.2) is 0 Å². The molecule has 254 valence electrons. The Balaban J connectivity index is 1.15. The smallest absolute Gasteiger partial charge is 0.142 e. The van der Waals surface area contributed by atoms with Crippen LogP contribution in [-0.2, 0) is 10.8 Å². The molecule has 2 aliphatic carbocycles. The molecule has 1 heterocycles. The van der Waals surface area contributed by atoms with E-state index >= 15 is 0 Å².